The van der Waals surface area contributed by atoms with Crippen molar-refractivity contribution in [3.8, 4) is 0 Å². The lowest BCUT2D eigenvalue weighted by Crippen LogP contribution is -2.48. The first-order valence-corrected chi connectivity index (χ1v) is 10.1. The number of carbonyl (C=O) groups excluding carboxylic acids is 1. The van der Waals surface area contributed by atoms with Gasteiger partial charge in [-0.25, -0.2) is 4.79 Å². The molecule has 0 N–H and O–H groups in total. The summed E-state index contributed by atoms with van der Waals surface area (Å²) < 4.78 is 6.10. The van der Waals surface area contributed by atoms with Gasteiger partial charge in [-0.15, -0.1) is 0 Å². The molecule has 0 bridgehead atoms. The van der Waals surface area contributed by atoms with E-state index in [-0.39, 0.29) is 5.97 Å². The summed E-state index contributed by atoms with van der Waals surface area (Å²) in [5, 5.41) is 0. The Morgan fingerprint density at radius 3 is 2.00 bits per heavy atom. The normalized spacial score (nSPS) is 12.8. The monoisotopic (exact) mass is 340 g/mol. The van der Waals surface area contributed by atoms with Crippen molar-refractivity contribution in [2.45, 2.75) is 90.5 Å². The molecule has 0 saturated carbocycles. The molecule has 0 aliphatic rings. The molecule has 0 fully saturated rings. The second kappa shape index (κ2) is 14.5. The standard InChI is InChI=1S/C21H42NO2/c1-6-8-9-10-11-12-13-14-15-16-18-22(4,5)20(3)17-19-24-21(23)7-2/h7,20H,2,6,8-19H2,1,3-5H3/q+1. The summed E-state index contributed by atoms with van der Waals surface area (Å²) >= 11 is 0. The number of nitrogens with zero attached hydrogens (tertiary/aromatic N) is 1. The van der Waals surface area contributed by atoms with Gasteiger partial charge in [-0.05, 0) is 19.8 Å². The number of esters is 1. The van der Waals surface area contributed by atoms with Gasteiger partial charge in [-0.1, -0.05) is 64.9 Å². The van der Waals surface area contributed by atoms with Gasteiger partial charge in [0.05, 0.1) is 33.3 Å². The molecule has 24 heavy (non-hydrogen) atoms. The quantitative estimate of drug-likeness (QED) is 0.161. The third kappa shape index (κ3) is 12.6. The van der Waals surface area contributed by atoms with E-state index in [1.165, 1.54) is 76.8 Å². The molecule has 0 spiro atoms. The van der Waals surface area contributed by atoms with Gasteiger partial charge in [-0.3, -0.25) is 0 Å². The zero-order valence-corrected chi connectivity index (χ0v) is 16.8. The molecule has 0 aromatic rings. The molecule has 0 rings (SSSR count). The van der Waals surface area contributed by atoms with E-state index < -0.39 is 0 Å². The van der Waals surface area contributed by atoms with Crippen LogP contribution in [0.4, 0.5) is 0 Å². The zero-order valence-electron chi connectivity index (χ0n) is 16.8. The highest BCUT2D eigenvalue weighted by Crippen LogP contribution is 2.15. The maximum atomic E-state index is 11.1. The van der Waals surface area contributed by atoms with E-state index in [4.69, 9.17) is 4.74 Å². The van der Waals surface area contributed by atoms with Crippen molar-refractivity contribution in [3.63, 3.8) is 0 Å². The Balaban J connectivity index is 3.61. The molecule has 0 saturated heterocycles. The molecule has 3 heteroatoms. The van der Waals surface area contributed by atoms with Gasteiger partial charge < -0.3 is 9.22 Å². The number of carbonyl (C=O) groups is 1. The van der Waals surface area contributed by atoms with E-state index in [1.54, 1.807) is 0 Å². The van der Waals surface area contributed by atoms with Crippen molar-refractivity contribution >= 4 is 5.97 Å². The Morgan fingerprint density at radius 1 is 1.00 bits per heavy atom. The van der Waals surface area contributed by atoms with Crippen LogP contribution in [0.3, 0.4) is 0 Å². The first-order valence-electron chi connectivity index (χ1n) is 10.1. The minimum atomic E-state index is -0.317. The topological polar surface area (TPSA) is 26.3 Å². The van der Waals surface area contributed by atoms with Gasteiger partial charge in [0.1, 0.15) is 0 Å². The summed E-state index contributed by atoms with van der Waals surface area (Å²) in [6.07, 6.45) is 15.9. The second-order valence-electron chi connectivity index (χ2n) is 7.69. The molecule has 1 atom stereocenters. The smallest absolute Gasteiger partial charge is 0.330 e. The second-order valence-corrected chi connectivity index (χ2v) is 7.69. The van der Waals surface area contributed by atoms with Crippen molar-refractivity contribution in [2.24, 2.45) is 0 Å². The van der Waals surface area contributed by atoms with Crippen LogP contribution in [0.2, 0.25) is 0 Å². The lowest BCUT2D eigenvalue weighted by molar-refractivity contribution is -0.913. The molecule has 0 aromatic carbocycles. The highest BCUT2D eigenvalue weighted by atomic mass is 16.5. The summed E-state index contributed by atoms with van der Waals surface area (Å²) in [5.41, 5.74) is 0. The largest absolute Gasteiger partial charge is 0.462 e. The van der Waals surface area contributed by atoms with Crippen LogP contribution in [0, 0.1) is 0 Å². The van der Waals surface area contributed by atoms with E-state index in [0.29, 0.717) is 12.6 Å². The van der Waals surface area contributed by atoms with Crippen LogP contribution in [0.25, 0.3) is 0 Å². The lowest BCUT2D eigenvalue weighted by Gasteiger charge is -2.36. The van der Waals surface area contributed by atoms with Crippen molar-refractivity contribution < 1.29 is 14.0 Å². The Labute approximate surface area is 151 Å². The molecule has 0 aliphatic heterocycles. The first-order chi connectivity index (χ1) is 11.4. The number of hydrogen-bond acceptors (Lipinski definition) is 2. The number of hydrogen-bond donors (Lipinski definition) is 0. The van der Waals surface area contributed by atoms with E-state index >= 15 is 0 Å². The molecule has 3 nitrogen and oxygen atoms in total. The number of quaternary nitrogens is 1. The molecule has 1 unspecified atom stereocenters. The highest BCUT2D eigenvalue weighted by Gasteiger charge is 2.23. The summed E-state index contributed by atoms with van der Waals surface area (Å²) in [7, 11) is 4.57. The molecular formula is C21H42NO2+. The van der Waals surface area contributed by atoms with Crippen LogP contribution in [0.15, 0.2) is 12.7 Å². The maximum Gasteiger partial charge on any atom is 0.330 e. The van der Waals surface area contributed by atoms with Gasteiger partial charge in [0, 0.05) is 12.5 Å². The van der Waals surface area contributed by atoms with E-state index in [1.807, 2.05) is 0 Å². The van der Waals surface area contributed by atoms with Crippen molar-refractivity contribution in [1.82, 2.24) is 0 Å². The van der Waals surface area contributed by atoms with Gasteiger partial charge in [0.15, 0.2) is 0 Å². The Bertz CT molecular complexity index is 326. The average molecular weight is 341 g/mol. The molecule has 0 heterocycles. The van der Waals surface area contributed by atoms with Gasteiger partial charge >= 0.3 is 5.97 Å². The molecule has 0 radical (unpaired) electrons. The third-order valence-corrected chi connectivity index (χ3v) is 5.23. The van der Waals surface area contributed by atoms with E-state index in [9.17, 15) is 4.79 Å². The molecular weight excluding hydrogens is 298 g/mol. The minimum absolute atomic E-state index is 0.317. The maximum absolute atomic E-state index is 11.1. The van der Waals surface area contributed by atoms with Crippen LogP contribution in [0.5, 0.6) is 0 Å². The predicted molar refractivity (Wildman–Crippen MR) is 104 cm³/mol. The lowest BCUT2D eigenvalue weighted by atomic mass is 10.1. The third-order valence-electron chi connectivity index (χ3n) is 5.23. The molecule has 0 aromatic heterocycles. The van der Waals surface area contributed by atoms with Crippen LogP contribution >= 0.6 is 0 Å². The zero-order chi connectivity index (χ0) is 18.3. The average Bonchev–Trinajstić information content (AvgIpc) is 2.56. The van der Waals surface area contributed by atoms with Crippen LogP contribution in [-0.2, 0) is 9.53 Å². The first kappa shape index (κ1) is 23.2. The highest BCUT2D eigenvalue weighted by molar-refractivity contribution is 5.81. The van der Waals surface area contributed by atoms with Crippen LogP contribution in [-0.4, -0.2) is 43.7 Å². The van der Waals surface area contributed by atoms with Crippen molar-refractivity contribution in [3.05, 3.63) is 12.7 Å². The fraction of sp³-hybridized carbons (Fsp3) is 0.857. The summed E-state index contributed by atoms with van der Waals surface area (Å²) in [6, 6.07) is 0.501. The number of unbranched alkanes of at least 4 members (excludes halogenated alkanes) is 9. The fourth-order valence-corrected chi connectivity index (χ4v) is 2.97. The molecule has 142 valence electrons. The Morgan fingerprint density at radius 2 is 1.50 bits per heavy atom. The predicted octanol–water partition coefficient (Wildman–Crippen LogP) is 5.49. The Kier molecular flexibility index (Phi) is 14.0. The molecule has 0 amide bonds. The molecule has 0 aliphatic carbocycles. The van der Waals surface area contributed by atoms with Crippen LogP contribution in [0.1, 0.15) is 84.5 Å². The Hall–Kier alpha value is -0.830. The summed E-state index contributed by atoms with van der Waals surface area (Å²) in [4.78, 5) is 11.1. The van der Waals surface area contributed by atoms with Gasteiger partial charge in [-0.2, -0.15) is 0 Å². The van der Waals surface area contributed by atoms with E-state index in [0.717, 1.165) is 10.9 Å². The summed E-state index contributed by atoms with van der Waals surface area (Å²) in [6.45, 7) is 9.63. The fourth-order valence-electron chi connectivity index (χ4n) is 2.97. The van der Waals surface area contributed by atoms with Crippen molar-refractivity contribution in [1.29, 1.82) is 0 Å². The number of ether oxygens (including phenoxy) is 1. The van der Waals surface area contributed by atoms with Crippen LogP contribution < -0.4 is 0 Å². The minimum Gasteiger partial charge on any atom is -0.462 e. The van der Waals surface area contributed by atoms with Crippen molar-refractivity contribution in [2.75, 3.05) is 27.2 Å². The van der Waals surface area contributed by atoms with Gasteiger partial charge in [0.25, 0.3) is 0 Å². The summed E-state index contributed by atoms with van der Waals surface area (Å²) in [5.74, 6) is -0.317. The van der Waals surface area contributed by atoms with Gasteiger partial charge in [0.2, 0.25) is 0 Å². The SMILES string of the molecule is C=CC(=O)OCCC(C)[N+](C)(C)CCCCCCCCCCCC. The van der Waals surface area contributed by atoms with E-state index in [2.05, 4.69) is 34.5 Å². The number of rotatable bonds is 16.